The van der Waals surface area contributed by atoms with E-state index in [-0.39, 0.29) is 0 Å². The molecule has 1 aliphatic rings. The fourth-order valence-electron chi connectivity index (χ4n) is 3.51. The lowest BCUT2D eigenvalue weighted by Gasteiger charge is -2.30. The number of pyridine rings is 2. The lowest BCUT2D eigenvalue weighted by molar-refractivity contribution is 0.166. The standard InChI is InChI=1S/C22H26ClN3O/c1-26(2)15-18-5-7-19(8-6-18)16-27-21-12-22(23)25-14-20(21)10-9-17-4-3-11-24-13-17/h3-4,11-14,18-19H,5-8,15-16H2,1-2H3. The van der Waals surface area contributed by atoms with Gasteiger partial charge in [0, 0.05) is 36.8 Å². The van der Waals surface area contributed by atoms with Crippen LogP contribution in [0.25, 0.3) is 0 Å². The largest absolute Gasteiger partial charge is 0.492 e. The van der Waals surface area contributed by atoms with Crippen molar-refractivity contribution in [2.75, 3.05) is 27.2 Å². The van der Waals surface area contributed by atoms with Crippen LogP contribution >= 0.6 is 11.6 Å². The van der Waals surface area contributed by atoms with Crippen molar-refractivity contribution in [3.8, 4) is 17.6 Å². The minimum Gasteiger partial charge on any atom is -0.492 e. The van der Waals surface area contributed by atoms with Crippen molar-refractivity contribution < 1.29 is 4.74 Å². The Morgan fingerprint density at radius 1 is 1.15 bits per heavy atom. The van der Waals surface area contributed by atoms with Gasteiger partial charge in [-0.05, 0) is 63.7 Å². The summed E-state index contributed by atoms with van der Waals surface area (Å²) in [6.07, 6.45) is 10.1. The van der Waals surface area contributed by atoms with E-state index in [1.165, 1.54) is 32.2 Å². The number of rotatable bonds is 5. The molecule has 0 bridgehead atoms. The van der Waals surface area contributed by atoms with Gasteiger partial charge < -0.3 is 9.64 Å². The Morgan fingerprint density at radius 3 is 2.63 bits per heavy atom. The minimum absolute atomic E-state index is 0.423. The van der Waals surface area contributed by atoms with Gasteiger partial charge in [-0.1, -0.05) is 23.4 Å². The summed E-state index contributed by atoms with van der Waals surface area (Å²) in [7, 11) is 4.30. The SMILES string of the molecule is CN(C)CC1CCC(COc2cc(Cl)ncc2C#Cc2cccnc2)CC1. The van der Waals surface area contributed by atoms with Crippen LogP contribution in [0.15, 0.2) is 36.8 Å². The van der Waals surface area contributed by atoms with E-state index in [0.717, 1.165) is 17.0 Å². The summed E-state index contributed by atoms with van der Waals surface area (Å²) in [5.41, 5.74) is 1.61. The third-order valence-electron chi connectivity index (χ3n) is 4.90. The molecule has 0 aromatic carbocycles. The molecule has 0 N–H and O–H groups in total. The molecule has 1 saturated carbocycles. The molecule has 0 spiro atoms. The summed E-state index contributed by atoms with van der Waals surface area (Å²) in [5.74, 6) is 8.35. The zero-order valence-corrected chi connectivity index (χ0v) is 16.7. The van der Waals surface area contributed by atoms with E-state index < -0.39 is 0 Å². The third kappa shape index (κ3) is 6.23. The van der Waals surface area contributed by atoms with Crippen LogP contribution in [-0.2, 0) is 0 Å². The number of hydrogen-bond acceptors (Lipinski definition) is 4. The van der Waals surface area contributed by atoms with Gasteiger partial charge in [-0.25, -0.2) is 4.98 Å². The molecule has 27 heavy (non-hydrogen) atoms. The highest BCUT2D eigenvalue weighted by molar-refractivity contribution is 6.29. The Morgan fingerprint density at radius 2 is 1.93 bits per heavy atom. The molecular formula is C22H26ClN3O. The second-order valence-corrected chi connectivity index (χ2v) is 7.84. The molecule has 0 saturated heterocycles. The Bertz CT molecular complexity index is 790. The van der Waals surface area contributed by atoms with E-state index in [0.29, 0.717) is 23.4 Å². The van der Waals surface area contributed by atoms with Crippen LogP contribution in [-0.4, -0.2) is 42.1 Å². The normalized spacial score (nSPS) is 19.4. The molecule has 0 aliphatic heterocycles. The average Bonchev–Trinajstić information content (AvgIpc) is 2.67. The summed E-state index contributed by atoms with van der Waals surface area (Å²) >= 11 is 6.07. The van der Waals surface area contributed by atoms with Crippen LogP contribution in [0, 0.1) is 23.7 Å². The fraction of sp³-hybridized carbons (Fsp3) is 0.455. The monoisotopic (exact) mass is 383 g/mol. The highest BCUT2D eigenvalue weighted by Crippen LogP contribution is 2.30. The number of halogens is 1. The zero-order valence-electron chi connectivity index (χ0n) is 16.0. The van der Waals surface area contributed by atoms with Gasteiger partial charge in [0.1, 0.15) is 10.9 Å². The van der Waals surface area contributed by atoms with E-state index >= 15 is 0 Å². The first-order valence-corrected chi connectivity index (χ1v) is 9.83. The maximum absolute atomic E-state index is 6.11. The summed E-state index contributed by atoms with van der Waals surface area (Å²) < 4.78 is 6.11. The predicted molar refractivity (Wildman–Crippen MR) is 109 cm³/mol. The molecule has 0 amide bonds. The van der Waals surface area contributed by atoms with Crippen molar-refractivity contribution in [3.63, 3.8) is 0 Å². The lowest BCUT2D eigenvalue weighted by atomic mass is 9.82. The van der Waals surface area contributed by atoms with Crippen molar-refractivity contribution in [1.82, 2.24) is 14.9 Å². The van der Waals surface area contributed by atoms with Crippen molar-refractivity contribution in [2.45, 2.75) is 25.7 Å². The Kier molecular flexibility index (Phi) is 7.09. The van der Waals surface area contributed by atoms with Crippen LogP contribution in [0.5, 0.6) is 5.75 Å². The summed E-state index contributed by atoms with van der Waals surface area (Å²) in [5, 5.41) is 0.423. The maximum Gasteiger partial charge on any atom is 0.139 e. The molecule has 0 atom stereocenters. The molecule has 0 unspecified atom stereocenters. The number of hydrogen-bond donors (Lipinski definition) is 0. The molecule has 3 rings (SSSR count). The molecule has 4 nitrogen and oxygen atoms in total. The van der Waals surface area contributed by atoms with Crippen molar-refractivity contribution >= 4 is 11.6 Å². The molecular weight excluding hydrogens is 358 g/mol. The highest BCUT2D eigenvalue weighted by Gasteiger charge is 2.22. The maximum atomic E-state index is 6.11. The first-order valence-electron chi connectivity index (χ1n) is 9.45. The van der Waals surface area contributed by atoms with Gasteiger partial charge in [0.15, 0.2) is 0 Å². The third-order valence-corrected chi connectivity index (χ3v) is 5.11. The van der Waals surface area contributed by atoms with Gasteiger partial charge in [-0.15, -0.1) is 0 Å². The van der Waals surface area contributed by atoms with Crippen LogP contribution in [0.2, 0.25) is 5.15 Å². The van der Waals surface area contributed by atoms with Crippen LogP contribution in [0.3, 0.4) is 0 Å². The Hall–Kier alpha value is -2.09. The topological polar surface area (TPSA) is 38.2 Å². The Labute approximate surface area is 166 Å². The lowest BCUT2D eigenvalue weighted by Crippen LogP contribution is -2.27. The van der Waals surface area contributed by atoms with Crippen molar-refractivity contribution in [2.24, 2.45) is 11.8 Å². The van der Waals surface area contributed by atoms with Gasteiger partial charge >= 0.3 is 0 Å². The van der Waals surface area contributed by atoms with Gasteiger partial charge in [0.25, 0.3) is 0 Å². The molecule has 2 aromatic heterocycles. The van der Waals surface area contributed by atoms with E-state index in [1.807, 2.05) is 12.1 Å². The molecule has 2 heterocycles. The van der Waals surface area contributed by atoms with Gasteiger partial charge in [-0.2, -0.15) is 0 Å². The first kappa shape index (κ1) is 19.7. The first-order chi connectivity index (χ1) is 13.1. The summed E-state index contributed by atoms with van der Waals surface area (Å²) in [6.45, 7) is 1.89. The molecule has 1 aliphatic carbocycles. The summed E-state index contributed by atoms with van der Waals surface area (Å²) in [4.78, 5) is 10.5. The second kappa shape index (κ2) is 9.73. The van der Waals surface area contributed by atoms with E-state index in [2.05, 4.69) is 40.8 Å². The minimum atomic E-state index is 0.423. The smallest absolute Gasteiger partial charge is 0.139 e. The Balaban J connectivity index is 1.60. The molecule has 1 fully saturated rings. The second-order valence-electron chi connectivity index (χ2n) is 7.45. The number of nitrogens with zero attached hydrogens (tertiary/aromatic N) is 3. The predicted octanol–water partition coefficient (Wildman–Crippen LogP) is 4.28. The molecule has 5 heteroatoms. The van der Waals surface area contributed by atoms with Gasteiger partial charge in [0.2, 0.25) is 0 Å². The fourth-order valence-corrected chi connectivity index (χ4v) is 3.66. The van der Waals surface area contributed by atoms with E-state index in [1.54, 1.807) is 24.7 Å². The van der Waals surface area contributed by atoms with Crippen molar-refractivity contribution in [1.29, 1.82) is 0 Å². The molecule has 142 valence electrons. The van der Waals surface area contributed by atoms with Crippen LogP contribution in [0.4, 0.5) is 0 Å². The number of aromatic nitrogens is 2. The highest BCUT2D eigenvalue weighted by atomic mass is 35.5. The number of ether oxygens (including phenoxy) is 1. The van der Waals surface area contributed by atoms with Crippen LogP contribution in [0.1, 0.15) is 36.8 Å². The van der Waals surface area contributed by atoms with Gasteiger partial charge in [-0.3, -0.25) is 4.98 Å². The average molecular weight is 384 g/mol. The summed E-state index contributed by atoms with van der Waals surface area (Å²) in [6, 6.07) is 5.55. The quantitative estimate of drug-likeness (QED) is 0.570. The van der Waals surface area contributed by atoms with E-state index in [4.69, 9.17) is 16.3 Å². The van der Waals surface area contributed by atoms with E-state index in [9.17, 15) is 0 Å². The van der Waals surface area contributed by atoms with Crippen LogP contribution < -0.4 is 4.74 Å². The van der Waals surface area contributed by atoms with Gasteiger partial charge in [0.05, 0.1) is 12.2 Å². The zero-order chi connectivity index (χ0) is 19.1. The molecule has 0 radical (unpaired) electrons. The van der Waals surface area contributed by atoms with Crippen molar-refractivity contribution in [3.05, 3.63) is 53.1 Å². The molecule has 2 aromatic rings.